The maximum absolute atomic E-state index is 11.8. The van der Waals surface area contributed by atoms with Crippen LogP contribution in [0.2, 0.25) is 0 Å². The Kier molecular flexibility index (Phi) is 7.67. The number of hydrogen-bond donors (Lipinski definition) is 3. The average molecular weight is 298 g/mol. The molecule has 0 saturated carbocycles. The maximum Gasteiger partial charge on any atom is 0.239 e. The van der Waals surface area contributed by atoms with Gasteiger partial charge in [0.2, 0.25) is 11.8 Å². The molecule has 0 unspecified atom stereocenters. The van der Waals surface area contributed by atoms with Crippen LogP contribution < -0.4 is 16.4 Å². The number of likely N-dealkylation sites (tertiary alicyclic amines) is 1. The Bertz CT molecular complexity index is 339. The molecule has 1 fully saturated rings. The number of piperidine rings is 1. The summed E-state index contributed by atoms with van der Waals surface area (Å²) < 4.78 is 0. The van der Waals surface area contributed by atoms with E-state index in [1.54, 1.807) is 0 Å². The molecule has 0 aromatic rings. The molecule has 21 heavy (non-hydrogen) atoms. The monoisotopic (exact) mass is 298 g/mol. The molecular formula is C15H30N4O2. The molecule has 4 N–H and O–H groups in total. The fourth-order valence-corrected chi connectivity index (χ4v) is 2.48. The molecule has 6 nitrogen and oxygen atoms in total. The number of nitrogens with one attached hydrogen (secondary N) is 2. The summed E-state index contributed by atoms with van der Waals surface area (Å²) in [6, 6.07) is -0.337. The minimum Gasteiger partial charge on any atom is -0.352 e. The van der Waals surface area contributed by atoms with Gasteiger partial charge in [-0.1, -0.05) is 20.8 Å². The van der Waals surface area contributed by atoms with E-state index >= 15 is 0 Å². The summed E-state index contributed by atoms with van der Waals surface area (Å²) in [5, 5.41) is 5.58. The van der Waals surface area contributed by atoms with Crippen LogP contribution in [0.5, 0.6) is 0 Å². The van der Waals surface area contributed by atoms with Crippen molar-refractivity contribution in [3.05, 3.63) is 0 Å². The third kappa shape index (κ3) is 6.44. The van der Waals surface area contributed by atoms with E-state index in [2.05, 4.69) is 22.5 Å². The van der Waals surface area contributed by atoms with Crippen molar-refractivity contribution in [1.82, 2.24) is 15.5 Å². The SMILES string of the molecule is CCCN1CCC(NC(=O)CNC(=O)[C@@H](N)C(C)C)CC1. The lowest BCUT2D eigenvalue weighted by Crippen LogP contribution is -2.50. The van der Waals surface area contributed by atoms with Gasteiger partial charge in [-0.25, -0.2) is 0 Å². The number of rotatable bonds is 7. The molecule has 0 aliphatic carbocycles. The minimum atomic E-state index is -0.560. The van der Waals surface area contributed by atoms with Gasteiger partial charge in [-0.2, -0.15) is 0 Å². The first-order valence-electron chi connectivity index (χ1n) is 7.99. The Balaban J connectivity index is 2.21. The molecule has 1 saturated heterocycles. The van der Waals surface area contributed by atoms with Gasteiger partial charge in [0.25, 0.3) is 0 Å². The summed E-state index contributed by atoms with van der Waals surface area (Å²) in [5.41, 5.74) is 5.72. The Hall–Kier alpha value is -1.14. The Morgan fingerprint density at radius 3 is 2.43 bits per heavy atom. The topological polar surface area (TPSA) is 87.5 Å². The van der Waals surface area contributed by atoms with Gasteiger partial charge in [-0.05, 0) is 31.7 Å². The molecule has 122 valence electrons. The van der Waals surface area contributed by atoms with E-state index in [4.69, 9.17) is 5.73 Å². The highest BCUT2D eigenvalue weighted by Gasteiger charge is 2.21. The molecule has 1 atom stereocenters. The van der Waals surface area contributed by atoms with Gasteiger partial charge >= 0.3 is 0 Å². The predicted octanol–water partition coefficient (Wildman–Crippen LogP) is 0.0765. The standard InChI is InChI=1S/C15H30N4O2/c1-4-7-19-8-5-12(6-9-19)18-13(20)10-17-15(21)14(16)11(2)3/h11-12,14H,4-10,16H2,1-3H3,(H,17,21)(H,18,20)/t14-/m0/s1. The van der Waals surface area contributed by atoms with E-state index in [-0.39, 0.29) is 30.3 Å². The molecule has 0 aromatic heterocycles. The summed E-state index contributed by atoms with van der Waals surface area (Å²) >= 11 is 0. The van der Waals surface area contributed by atoms with Crippen molar-refractivity contribution in [2.45, 2.75) is 52.1 Å². The number of nitrogens with two attached hydrogens (primary N) is 1. The van der Waals surface area contributed by atoms with Crippen molar-refractivity contribution >= 4 is 11.8 Å². The molecule has 1 aliphatic heterocycles. The lowest BCUT2D eigenvalue weighted by Gasteiger charge is -2.32. The molecule has 0 radical (unpaired) electrons. The van der Waals surface area contributed by atoms with Gasteiger partial charge in [0, 0.05) is 19.1 Å². The summed E-state index contributed by atoms with van der Waals surface area (Å²) in [6.07, 6.45) is 3.12. The number of hydrogen-bond acceptors (Lipinski definition) is 4. The molecular weight excluding hydrogens is 268 g/mol. The normalized spacial score (nSPS) is 18.5. The molecule has 6 heteroatoms. The first-order chi connectivity index (χ1) is 9.93. The molecule has 1 heterocycles. The van der Waals surface area contributed by atoms with Crippen molar-refractivity contribution in [2.24, 2.45) is 11.7 Å². The third-order valence-corrected chi connectivity index (χ3v) is 3.94. The van der Waals surface area contributed by atoms with E-state index in [1.807, 2.05) is 13.8 Å². The quantitative estimate of drug-likeness (QED) is 0.621. The smallest absolute Gasteiger partial charge is 0.239 e. The van der Waals surface area contributed by atoms with Crippen LogP contribution in [0.15, 0.2) is 0 Å². The first-order valence-corrected chi connectivity index (χ1v) is 7.99. The van der Waals surface area contributed by atoms with Crippen molar-refractivity contribution in [2.75, 3.05) is 26.2 Å². The zero-order valence-corrected chi connectivity index (χ0v) is 13.5. The minimum absolute atomic E-state index is 0.00836. The van der Waals surface area contributed by atoms with Crippen molar-refractivity contribution in [1.29, 1.82) is 0 Å². The second-order valence-electron chi connectivity index (χ2n) is 6.17. The van der Waals surface area contributed by atoms with Gasteiger partial charge < -0.3 is 21.3 Å². The van der Waals surface area contributed by atoms with Crippen molar-refractivity contribution in [3.8, 4) is 0 Å². The van der Waals surface area contributed by atoms with Gasteiger partial charge in [-0.15, -0.1) is 0 Å². The van der Waals surface area contributed by atoms with Crippen molar-refractivity contribution in [3.63, 3.8) is 0 Å². The highest BCUT2D eigenvalue weighted by Crippen LogP contribution is 2.10. The fourth-order valence-electron chi connectivity index (χ4n) is 2.48. The van der Waals surface area contributed by atoms with Crippen LogP contribution in [0, 0.1) is 5.92 Å². The van der Waals surface area contributed by atoms with Crippen LogP contribution in [0.4, 0.5) is 0 Å². The molecule has 1 aliphatic rings. The summed E-state index contributed by atoms with van der Waals surface area (Å²) in [4.78, 5) is 25.9. The Morgan fingerprint density at radius 2 is 1.90 bits per heavy atom. The van der Waals surface area contributed by atoms with E-state index < -0.39 is 6.04 Å². The van der Waals surface area contributed by atoms with Crippen LogP contribution in [0.1, 0.15) is 40.0 Å². The Morgan fingerprint density at radius 1 is 1.29 bits per heavy atom. The number of carbonyl (C=O) groups is 2. The van der Waals surface area contributed by atoms with E-state index in [9.17, 15) is 9.59 Å². The highest BCUT2D eigenvalue weighted by molar-refractivity contribution is 5.87. The number of nitrogens with zero attached hydrogens (tertiary/aromatic N) is 1. The van der Waals surface area contributed by atoms with Crippen LogP contribution in [0.25, 0.3) is 0 Å². The van der Waals surface area contributed by atoms with E-state index in [1.165, 1.54) is 6.42 Å². The molecule has 0 bridgehead atoms. The average Bonchev–Trinajstić information content (AvgIpc) is 2.46. The van der Waals surface area contributed by atoms with Crippen LogP contribution >= 0.6 is 0 Å². The third-order valence-electron chi connectivity index (χ3n) is 3.94. The first kappa shape index (κ1) is 17.9. The zero-order valence-electron chi connectivity index (χ0n) is 13.5. The second-order valence-corrected chi connectivity index (χ2v) is 6.17. The highest BCUT2D eigenvalue weighted by atomic mass is 16.2. The van der Waals surface area contributed by atoms with Crippen LogP contribution in [0.3, 0.4) is 0 Å². The van der Waals surface area contributed by atoms with Crippen molar-refractivity contribution < 1.29 is 9.59 Å². The molecule has 0 spiro atoms. The number of amides is 2. The lowest BCUT2D eigenvalue weighted by molar-refractivity contribution is -0.127. The van der Waals surface area contributed by atoms with Crippen LogP contribution in [-0.2, 0) is 9.59 Å². The number of carbonyl (C=O) groups excluding carboxylic acids is 2. The molecule has 1 rings (SSSR count). The maximum atomic E-state index is 11.8. The summed E-state index contributed by atoms with van der Waals surface area (Å²) in [5.74, 6) is -0.331. The van der Waals surface area contributed by atoms with E-state index in [0.717, 1.165) is 32.5 Å². The molecule has 2 amide bonds. The van der Waals surface area contributed by atoms with Gasteiger partial charge in [0.15, 0.2) is 0 Å². The summed E-state index contributed by atoms with van der Waals surface area (Å²) in [6.45, 7) is 9.15. The van der Waals surface area contributed by atoms with Gasteiger partial charge in [0.05, 0.1) is 12.6 Å². The summed E-state index contributed by atoms with van der Waals surface area (Å²) in [7, 11) is 0. The molecule has 0 aromatic carbocycles. The fraction of sp³-hybridized carbons (Fsp3) is 0.867. The lowest BCUT2D eigenvalue weighted by atomic mass is 10.0. The largest absolute Gasteiger partial charge is 0.352 e. The van der Waals surface area contributed by atoms with E-state index in [0.29, 0.717) is 0 Å². The van der Waals surface area contributed by atoms with Gasteiger partial charge in [-0.3, -0.25) is 9.59 Å². The zero-order chi connectivity index (χ0) is 15.8. The van der Waals surface area contributed by atoms with Gasteiger partial charge in [0.1, 0.15) is 0 Å². The predicted molar refractivity (Wildman–Crippen MR) is 83.7 cm³/mol. The second kappa shape index (κ2) is 9.00. The van der Waals surface area contributed by atoms with Crippen LogP contribution in [-0.4, -0.2) is 55.0 Å². The Labute approximate surface area is 127 Å².